The van der Waals surface area contributed by atoms with Crippen molar-refractivity contribution in [3.05, 3.63) is 48.0 Å². The van der Waals surface area contributed by atoms with Crippen molar-refractivity contribution in [3.8, 4) is 0 Å². The molecule has 0 aliphatic rings. The highest BCUT2D eigenvalue weighted by atomic mass is 15.2. The molecule has 2 heterocycles. The molecule has 1 N–H and O–H groups in total. The van der Waals surface area contributed by atoms with E-state index in [1.807, 2.05) is 30.3 Å². The van der Waals surface area contributed by atoms with Crippen molar-refractivity contribution < 1.29 is 0 Å². The second-order valence-corrected chi connectivity index (χ2v) is 4.50. The maximum absolute atomic E-state index is 4.44. The van der Waals surface area contributed by atoms with Crippen LogP contribution in [0.4, 0.5) is 0 Å². The minimum absolute atomic E-state index is 0.423. The largest absolute Gasteiger partial charge is 0.314 e. The minimum Gasteiger partial charge on any atom is -0.314 e. The lowest BCUT2D eigenvalue weighted by molar-refractivity contribution is 0.513. The maximum atomic E-state index is 4.44. The SMILES string of the molecule is CCNC(Cc1ccncc1)Cc1ccn(C)n1. The second-order valence-electron chi connectivity index (χ2n) is 4.50. The van der Waals surface area contributed by atoms with Crippen LogP contribution in [-0.2, 0) is 19.9 Å². The lowest BCUT2D eigenvalue weighted by atomic mass is 10.0. The Kier molecular flexibility index (Phi) is 4.47. The van der Waals surface area contributed by atoms with E-state index in [4.69, 9.17) is 0 Å². The fourth-order valence-corrected chi connectivity index (χ4v) is 2.13. The summed E-state index contributed by atoms with van der Waals surface area (Å²) in [5.74, 6) is 0. The van der Waals surface area contributed by atoms with E-state index in [1.165, 1.54) is 5.56 Å². The van der Waals surface area contributed by atoms with Gasteiger partial charge in [-0.2, -0.15) is 5.10 Å². The van der Waals surface area contributed by atoms with Crippen LogP contribution in [0.5, 0.6) is 0 Å². The third-order valence-electron chi connectivity index (χ3n) is 2.95. The Labute approximate surface area is 108 Å². The zero-order valence-corrected chi connectivity index (χ0v) is 11.0. The van der Waals surface area contributed by atoms with Crippen LogP contribution in [0.15, 0.2) is 36.8 Å². The molecule has 2 aromatic heterocycles. The van der Waals surface area contributed by atoms with E-state index in [2.05, 4.69) is 40.5 Å². The van der Waals surface area contributed by atoms with E-state index in [-0.39, 0.29) is 0 Å². The van der Waals surface area contributed by atoms with E-state index in [1.54, 1.807) is 0 Å². The van der Waals surface area contributed by atoms with Gasteiger partial charge in [0.1, 0.15) is 0 Å². The summed E-state index contributed by atoms with van der Waals surface area (Å²) < 4.78 is 1.85. The summed E-state index contributed by atoms with van der Waals surface area (Å²) in [5.41, 5.74) is 2.45. The van der Waals surface area contributed by atoms with Gasteiger partial charge in [0.25, 0.3) is 0 Å². The molecule has 0 aliphatic heterocycles. The van der Waals surface area contributed by atoms with Crippen molar-refractivity contribution in [2.45, 2.75) is 25.8 Å². The average Bonchev–Trinajstić information content (AvgIpc) is 2.76. The number of nitrogens with zero attached hydrogens (tertiary/aromatic N) is 3. The van der Waals surface area contributed by atoms with Gasteiger partial charge in [-0.1, -0.05) is 6.92 Å². The molecule has 2 aromatic rings. The molecule has 4 nitrogen and oxygen atoms in total. The second kappa shape index (κ2) is 6.31. The first-order valence-corrected chi connectivity index (χ1v) is 6.38. The molecule has 0 amide bonds. The third-order valence-corrected chi connectivity index (χ3v) is 2.95. The van der Waals surface area contributed by atoms with Crippen molar-refractivity contribution in [2.24, 2.45) is 7.05 Å². The standard InChI is InChI=1S/C14H20N4/c1-3-16-14(10-12-4-7-15-8-5-12)11-13-6-9-18(2)17-13/h4-9,14,16H,3,10-11H2,1-2H3. The Balaban J connectivity index is 1.99. The first-order chi connectivity index (χ1) is 8.78. The molecule has 2 rings (SSSR count). The number of aromatic nitrogens is 3. The van der Waals surface area contributed by atoms with Crippen molar-refractivity contribution in [2.75, 3.05) is 6.54 Å². The summed E-state index contributed by atoms with van der Waals surface area (Å²) in [6.07, 6.45) is 7.65. The molecular formula is C14H20N4. The molecule has 0 saturated heterocycles. The van der Waals surface area contributed by atoms with Gasteiger partial charge in [0.15, 0.2) is 0 Å². The number of likely N-dealkylation sites (N-methyl/N-ethyl adjacent to an activating group) is 1. The number of rotatable bonds is 6. The molecule has 1 unspecified atom stereocenters. The van der Waals surface area contributed by atoms with Gasteiger partial charge in [-0.15, -0.1) is 0 Å². The predicted molar refractivity (Wildman–Crippen MR) is 72.3 cm³/mol. The molecule has 96 valence electrons. The summed E-state index contributed by atoms with van der Waals surface area (Å²) in [7, 11) is 1.95. The molecule has 0 bridgehead atoms. The molecule has 0 fully saturated rings. The van der Waals surface area contributed by atoms with Crippen LogP contribution >= 0.6 is 0 Å². The lowest BCUT2D eigenvalue weighted by Gasteiger charge is -2.16. The van der Waals surface area contributed by atoms with E-state index in [0.717, 1.165) is 25.1 Å². The average molecular weight is 244 g/mol. The smallest absolute Gasteiger partial charge is 0.0640 e. The lowest BCUT2D eigenvalue weighted by Crippen LogP contribution is -2.33. The molecule has 0 aromatic carbocycles. The quantitative estimate of drug-likeness (QED) is 0.839. The van der Waals surface area contributed by atoms with Gasteiger partial charge in [-0.3, -0.25) is 9.67 Å². The van der Waals surface area contributed by atoms with Crippen LogP contribution in [0.3, 0.4) is 0 Å². The number of hydrogen-bond acceptors (Lipinski definition) is 3. The van der Waals surface area contributed by atoms with E-state index in [9.17, 15) is 0 Å². The molecule has 0 radical (unpaired) electrons. The Bertz CT molecular complexity index is 464. The molecule has 0 aliphatic carbocycles. The van der Waals surface area contributed by atoms with Gasteiger partial charge >= 0.3 is 0 Å². The summed E-state index contributed by atoms with van der Waals surface area (Å²) in [6.45, 7) is 3.11. The van der Waals surface area contributed by atoms with Gasteiger partial charge < -0.3 is 5.32 Å². The highest BCUT2D eigenvalue weighted by Crippen LogP contribution is 2.07. The van der Waals surface area contributed by atoms with Gasteiger partial charge in [-0.25, -0.2) is 0 Å². The summed E-state index contributed by atoms with van der Waals surface area (Å²) in [5, 5.41) is 7.96. The first-order valence-electron chi connectivity index (χ1n) is 6.38. The Morgan fingerprint density at radius 1 is 1.22 bits per heavy atom. The normalized spacial score (nSPS) is 12.6. The van der Waals surface area contributed by atoms with Gasteiger partial charge in [0, 0.05) is 38.1 Å². The Morgan fingerprint density at radius 2 is 2.00 bits per heavy atom. The van der Waals surface area contributed by atoms with Crippen LogP contribution in [-0.4, -0.2) is 27.4 Å². The van der Waals surface area contributed by atoms with E-state index < -0.39 is 0 Å². The van der Waals surface area contributed by atoms with Crippen molar-refractivity contribution in [1.82, 2.24) is 20.1 Å². The molecule has 0 spiro atoms. The van der Waals surface area contributed by atoms with Gasteiger partial charge in [-0.05, 0) is 36.7 Å². The van der Waals surface area contributed by atoms with Crippen molar-refractivity contribution >= 4 is 0 Å². The van der Waals surface area contributed by atoms with Crippen LogP contribution in [0.2, 0.25) is 0 Å². The van der Waals surface area contributed by atoms with Crippen LogP contribution in [0.1, 0.15) is 18.2 Å². The fraction of sp³-hybridized carbons (Fsp3) is 0.429. The first kappa shape index (κ1) is 12.8. The van der Waals surface area contributed by atoms with E-state index in [0.29, 0.717) is 6.04 Å². The monoisotopic (exact) mass is 244 g/mol. The van der Waals surface area contributed by atoms with Crippen LogP contribution < -0.4 is 5.32 Å². The highest BCUT2D eigenvalue weighted by Gasteiger charge is 2.11. The fourth-order valence-electron chi connectivity index (χ4n) is 2.13. The topological polar surface area (TPSA) is 42.7 Å². The molecular weight excluding hydrogens is 224 g/mol. The third kappa shape index (κ3) is 3.67. The predicted octanol–water partition coefficient (Wildman–Crippen LogP) is 1.58. The van der Waals surface area contributed by atoms with Crippen LogP contribution in [0.25, 0.3) is 0 Å². The Morgan fingerprint density at radius 3 is 2.61 bits per heavy atom. The number of hydrogen-bond donors (Lipinski definition) is 1. The summed E-state index contributed by atoms with van der Waals surface area (Å²) >= 11 is 0. The molecule has 1 atom stereocenters. The van der Waals surface area contributed by atoms with Crippen molar-refractivity contribution in [1.29, 1.82) is 0 Å². The van der Waals surface area contributed by atoms with Gasteiger partial charge in [0.05, 0.1) is 5.69 Å². The summed E-state index contributed by atoms with van der Waals surface area (Å²) in [6, 6.07) is 6.65. The van der Waals surface area contributed by atoms with Gasteiger partial charge in [0.2, 0.25) is 0 Å². The van der Waals surface area contributed by atoms with Crippen molar-refractivity contribution in [3.63, 3.8) is 0 Å². The maximum Gasteiger partial charge on any atom is 0.0640 e. The zero-order chi connectivity index (χ0) is 12.8. The minimum atomic E-state index is 0.423. The number of nitrogens with one attached hydrogen (secondary N) is 1. The number of pyridine rings is 1. The molecule has 18 heavy (non-hydrogen) atoms. The molecule has 4 heteroatoms. The molecule has 0 saturated carbocycles. The summed E-state index contributed by atoms with van der Waals surface area (Å²) in [4.78, 5) is 4.05. The Hall–Kier alpha value is -1.68. The van der Waals surface area contributed by atoms with Crippen LogP contribution in [0, 0.1) is 0 Å². The van der Waals surface area contributed by atoms with E-state index >= 15 is 0 Å². The zero-order valence-electron chi connectivity index (χ0n) is 11.0. The number of aryl methyl sites for hydroxylation is 1. The highest BCUT2D eigenvalue weighted by molar-refractivity contribution is 5.13.